The number of aromatic hydroxyl groups is 1. The lowest BCUT2D eigenvalue weighted by atomic mass is 9.44. The highest BCUT2D eigenvalue weighted by atomic mass is 32.1. The Kier molecular flexibility index (Phi) is 12.8. The third-order valence-corrected chi connectivity index (χ3v) is 16.2. The number of anilines is 1. The maximum Gasteiger partial charge on any atom is 0.336 e. The van der Waals surface area contributed by atoms with E-state index in [9.17, 15) is 34.2 Å². The van der Waals surface area contributed by atoms with Gasteiger partial charge >= 0.3 is 17.9 Å². The molecule has 0 radical (unpaired) electrons. The van der Waals surface area contributed by atoms with Crippen LogP contribution in [-0.4, -0.2) is 65.4 Å². The quantitative estimate of drug-likeness (QED) is 0.0517. The molecule has 5 N–H and O–H groups in total. The number of phenols is 1. The van der Waals surface area contributed by atoms with Gasteiger partial charge in [-0.3, -0.25) is 19.2 Å². The molecule has 6 unspecified atom stereocenters. The standard InChI is InChI=1S/C50H59N3O10S/c1-27(5-16-44(57)61-4)38-14-15-39-34-10-6-28-21-32(17-19-49(28,2)40(34)18-20-50(38,39)3)62-45(58)26-51-43(56)25-52-48(64)53-29-7-11-33(37(22-29)47(59)60)46-35-12-8-30(54)23-41(35)63-42-24-31(55)9-13-36(42)46/h7-9,11-13,22-24,27-28,32,34,38-40,54H,5-6,10,14-21,25-26H2,1-4H3,(H,51,56)(H,59,60)(H2,52,53,64)/t27?,28?,32-,34?,38?,39?,40?,49+,50-/m1/s1. The van der Waals surface area contributed by atoms with Crippen molar-refractivity contribution >= 4 is 57.8 Å². The number of methoxy groups -OCH3 is 1. The predicted molar refractivity (Wildman–Crippen MR) is 246 cm³/mol. The van der Waals surface area contributed by atoms with Crippen LogP contribution in [0.2, 0.25) is 0 Å². The maximum atomic E-state index is 13.0. The van der Waals surface area contributed by atoms with Crippen molar-refractivity contribution in [2.75, 3.05) is 25.5 Å². The number of phenolic OH excluding ortho intramolecular Hbond substituents is 1. The van der Waals surface area contributed by atoms with Crippen molar-refractivity contribution in [1.82, 2.24) is 10.6 Å². The number of fused-ring (bicyclic) bond motifs is 7. The summed E-state index contributed by atoms with van der Waals surface area (Å²) < 4.78 is 16.8. The normalized spacial score (nSPS) is 27.6. The fourth-order valence-corrected chi connectivity index (χ4v) is 13.1. The zero-order valence-electron chi connectivity index (χ0n) is 37.0. The summed E-state index contributed by atoms with van der Waals surface area (Å²) in [7, 11) is 1.47. The highest BCUT2D eigenvalue weighted by molar-refractivity contribution is 7.80. The van der Waals surface area contributed by atoms with Gasteiger partial charge in [0.05, 0.1) is 19.2 Å². The van der Waals surface area contributed by atoms with E-state index in [1.54, 1.807) is 24.3 Å². The molecule has 0 aromatic heterocycles. The van der Waals surface area contributed by atoms with Crippen molar-refractivity contribution in [3.8, 4) is 28.2 Å². The van der Waals surface area contributed by atoms with Gasteiger partial charge in [0.1, 0.15) is 29.7 Å². The second-order valence-electron chi connectivity index (χ2n) is 19.3. The minimum absolute atomic E-state index is 0.0517. The number of esters is 2. The predicted octanol–water partition coefficient (Wildman–Crippen LogP) is 8.53. The highest BCUT2D eigenvalue weighted by Crippen LogP contribution is 2.68. The number of carbonyl (C=O) groups is 4. The first kappa shape index (κ1) is 45.1. The van der Waals surface area contributed by atoms with E-state index in [0.717, 1.165) is 43.9 Å². The SMILES string of the molecule is COC(=O)CCC(C)C1CCC2C3CCC4C[C@H](OC(=O)CNC(=O)CNC(=S)Nc5ccc(-c6c7ccc(=O)cc-7oc7cc(O)ccc67)c(C(=O)O)c5)CC[C@]4(C)C3CC[C@]12C. The number of ether oxygens (including phenoxy) is 2. The number of rotatable bonds is 12. The molecular weight excluding hydrogens is 835 g/mol. The van der Waals surface area contributed by atoms with Crippen LogP contribution in [0.15, 0.2) is 63.8 Å². The Balaban J connectivity index is 0.813. The smallest absolute Gasteiger partial charge is 0.336 e. The monoisotopic (exact) mass is 893 g/mol. The van der Waals surface area contributed by atoms with E-state index in [2.05, 4.69) is 36.7 Å². The Labute approximate surface area is 378 Å². The molecule has 5 aliphatic carbocycles. The molecule has 8 rings (SSSR count). The van der Waals surface area contributed by atoms with Crippen molar-refractivity contribution in [1.29, 1.82) is 0 Å². The number of carbonyl (C=O) groups excluding carboxylic acids is 3. The Hall–Kier alpha value is -5.50. The van der Waals surface area contributed by atoms with Crippen molar-refractivity contribution < 1.29 is 43.3 Å². The van der Waals surface area contributed by atoms with Crippen LogP contribution in [0.5, 0.6) is 5.75 Å². The third kappa shape index (κ3) is 8.82. The third-order valence-electron chi connectivity index (χ3n) is 16.0. The van der Waals surface area contributed by atoms with Crippen LogP contribution in [0, 0.1) is 46.3 Å². The van der Waals surface area contributed by atoms with Gasteiger partial charge in [-0.2, -0.15) is 0 Å². The van der Waals surface area contributed by atoms with E-state index in [-0.39, 0.29) is 63.8 Å². The molecule has 0 spiro atoms. The number of amides is 1. The molecule has 9 atom stereocenters. The van der Waals surface area contributed by atoms with Crippen molar-refractivity contribution in [2.24, 2.45) is 46.3 Å². The summed E-state index contributed by atoms with van der Waals surface area (Å²) in [6, 6.07) is 13.4. The van der Waals surface area contributed by atoms with Crippen LogP contribution < -0.4 is 21.4 Å². The molecule has 4 fully saturated rings. The molecule has 1 aliphatic heterocycles. The van der Waals surface area contributed by atoms with E-state index in [1.807, 2.05) is 0 Å². The van der Waals surface area contributed by atoms with Crippen molar-refractivity contribution in [3.63, 3.8) is 0 Å². The molecule has 0 saturated heterocycles. The highest BCUT2D eigenvalue weighted by Gasteiger charge is 2.60. The van der Waals surface area contributed by atoms with Gasteiger partial charge < -0.3 is 40.1 Å². The zero-order chi connectivity index (χ0) is 45.5. The summed E-state index contributed by atoms with van der Waals surface area (Å²) in [6.45, 7) is 6.88. The molecule has 340 valence electrons. The van der Waals surface area contributed by atoms with Gasteiger partial charge in [-0.1, -0.05) is 26.8 Å². The van der Waals surface area contributed by atoms with Crippen LogP contribution in [-0.2, 0) is 23.9 Å². The molecule has 14 heteroatoms. The lowest BCUT2D eigenvalue weighted by Gasteiger charge is -2.61. The van der Waals surface area contributed by atoms with E-state index in [1.165, 1.54) is 69.5 Å². The fraction of sp³-hybridized carbons (Fsp3) is 0.520. The van der Waals surface area contributed by atoms with Gasteiger partial charge in [-0.15, -0.1) is 0 Å². The van der Waals surface area contributed by atoms with Gasteiger partial charge in [-0.25, -0.2) is 4.79 Å². The number of benzene rings is 3. The minimum atomic E-state index is -1.21. The Morgan fingerprint density at radius 2 is 1.64 bits per heavy atom. The second-order valence-corrected chi connectivity index (χ2v) is 19.7. The van der Waals surface area contributed by atoms with Gasteiger partial charge in [0.2, 0.25) is 5.91 Å². The van der Waals surface area contributed by atoms with Gasteiger partial charge in [-0.05, 0) is 165 Å². The van der Waals surface area contributed by atoms with Crippen LogP contribution >= 0.6 is 12.2 Å². The van der Waals surface area contributed by atoms with E-state index in [0.29, 0.717) is 63.3 Å². The number of carboxylic acid groups (broad SMARTS) is 1. The largest absolute Gasteiger partial charge is 0.508 e. The topological polar surface area (TPSA) is 193 Å². The summed E-state index contributed by atoms with van der Waals surface area (Å²) in [5.74, 6) is 1.68. The Bertz CT molecular complexity index is 2500. The zero-order valence-corrected chi connectivity index (χ0v) is 37.8. The van der Waals surface area contributed by atoms with E-state index >= 15 is 0 Å². The molecule has 13 nitrogen and oxygen atoms in total. The number of carboxylic acids is 1. The number of nitrogens with one attached hydrogen (secondary N) is 3. The molecule has 6 aliphatic rings. The minimum Gasteiger partial charge on any atom is -0.508 e. The van der Waals surface area contributed by atoms with Gasteiger partial charge in [0.15, 0.2) is 10.5 Å². The second kappa shape index (κ2) is 18.2. The summed E-state index contributed by atoms with van der Waals surface area (Å²) in [6.07, 6.45) is 11.3. The Morgan fingerprint density at radius 1 is 0.875 bits per heavy atom. The van der Waals surface area contributed by atoms with Crippen LogP contribution in [0.1, 0.15) is 102 Å². The van der Waals surface area contributed by atoms with Crippen LogP contribution in [0.4, 0.5) is 5.69 Å². The fourth-order valence-electron chi connectivity index (χ4n) is 12.9. The summed E-state index contributed by atoms with van der Waals surface area (Å²) in [4.78, 5) is 62.5. The summed E-state index contributed by atoms with van der Waals surface area (Å²) in [5.41, 5.74) is 2.20. The number of aromatic carboxylic acids is 1. The van der Waals surface area contributed by atoms with Gasteiger partial charge in [0, 0.05) is 40.8 Å². The van der Waals surface area contributed by atoms with Crippen LogP contribution in [0.3, 0.4) is 0 Å². The Morgan fingerprint density at radius 3 is 2.42 bits per heavy atom. The lowest BCUT2D eigenvalue weighted by molar-refractivity contribution is -0.162. The summed E-state index contributed by atoms with van der Waals surface area (Å²) in [5, 5.41) is 29.4. The number of hydrogen-bond donors (Lipinski definition) is 5. The van der Waals surface area contributed by atoms with E-state index in [4.69, 9.17) is 26.1 Å². The maximum absolute atomic E-state index is 13.0. The van der Waals surface area contributed by atoms with E-state index < -0.39 is 17.8 Å². The number of hydrogen-bond acceptors (Lipinski definition) is 10. The van der Waals surface area contributed by atoms with Crippen molar-refractivity contribution in [2.45, 2.75) is 97.5 Å². The molecule has 1 amide bonds. The summed E-state index contributed by atoms with van der Waals surface area (Å²) >= 11 is 5.42. The lowest BCUT2D eigenvalue weighted by Crippen LogP contribution is -2.54. The molecule has 1 heterocycles. The van der Waals surface area contributed by atoms with Gasteiger partial charge in [0.25, 0.3) is 0 Å². The molecule has 4 saturated carbocycles. The average molecular weight is 894 g/mol. The first-order valence-electron chi connectivity index (χ1n) is 22.7. The molecular formula is C50H59N3O10S. The molecule has 64 heavy (non-hydrogen) atoms. The van der Waals surface area contributed by atoms with Crippen molar-refractivity contribution in [3.05, 3.63) is 70.4 Å². The molecule has 2 aromatic rings. The first-order chi connectivity index (χ1) is 30.6. The number of thiocarbonyl (C=S) groups is 1. The molecule has 0 bridgehead atoms. The van der Waals surface area contributed by atoms with Crippen LogP contribution in [0.25, 0.3) is 33.4 Å². The first-order valence-corrected chi connectivity index (χ1v) is 23.1. The average Bonchev–Trinajstić information content (AvgIpc) is 3.63. The molecule has 2 aromatic carbocycles.